The van der Waals surface area contributed by atoms with Gasteiger partial charge in [0.15, 0.2) is 11.5 Å². The fraction of sp³-hybridized carbons (Fsp3) is 0.400. The van der Waals surface area contributed by atoms with Gasteiger partial charge in [0.1, 0.15) is 5.52 Å². The summed E-state index contributed by atoms with van der Waals surface area (Å²) >= 11 is 0. The van der Waals surface area contributed by atoms with Crippen molar-refractivity contribution in [1.29, 1.82) is 0 Å². The fourth-order valence-corrected chi connectivity index (χ4v) is 4.91. The molecule has 1 fully saturated rings. The quantitative estimate of drug-likeness (QED) is 0.392. The van der Waals surface area contributed by atoms with Crippen LogP contribution in [0.5, 0.6) is 0 Å². The number of ketones is 1. The van der Waals surface area contributed by atoms with Crippen molar-refractivity contribution < 1.29 is 19.2 Å². The van der Waals surface area contributed by atoms with Crippen molar-refractivity contribution in [2.24, 2.45) is 0 Å². The van der Waals surface area contributed by atoms with Crippen molar-refractivity contribution in [3.05, 3.63) is 41.5 Å². The van der Waals surface area contributed by atoms with Crippen LogP contribution in [0.2, 0.25) is 0 Å². The van der Waals surface area contributed by atoms with Gasteiger partial charge in [-0.05, 0) is 25.5 Å². The first-order valence-electron chi connectivity index (χ1n) is 11.6. The molecule has 2 N–H and O–H groups in total. The van der Waals surface area contributed by atoms with E-state index in [1.807, 2.05) is 30.3 Å². The molecule has 33 heavy (non-hydrogen) atoms. The highest BCUT2D eigenvalue weighted by molar-refractivity contribution is 6.28. The molecular weight excluding hydrogens is 420 g/mol. The van der Waals surface area contributed by atoms with Gasteiger partial charge in [0.2, 0.25) is 0 Å². The van der Waals surface area contributed by atoms with E-state index in [1.54, 1.807) is 0 Å². The third kappa shape index (κ3) is 3.84. The number of carbonyl (C=O) groups excluding carboxylic acids is 1. The van der Waals surface area contributed by atoms with Crippen molar-refractivity contribution in [3.8, 4) is 11.3 Å². The van der Waals surface area contributed by atoms with Gasteiger partial charge in [-0.25, -0.2) is 0 Å². The van der Waals surface area contributed by atoms with Crippen LogP contribution >= 0.6 is 0 Å². The largest absolute Gasteiger partial charge is 0.481 e. The van der Waals surface area contributed by atoms with Crippen molar-refractivity contribution in [3.63, 3.8) is 0 Å². The lowest BCUT2D eigenvalue weighted by atomic mass is 9.86. The summed E-state index contributed by atoms with van der Waals surface area (Å²) in [5, 5.41) is 17.5. The summed E-state index contributed by atoms with van der Waals surface area (Å²) in [6, 6.07) is 9.44. The van der Waals surface area contributed by atoms with E-state index < -0.39 is 5.97 Å². The van der Waals surface area contributed by atoms with Crippen LogP contribution in [0.3, 0.4) is 0 Å². The number of piperazine rings is 1. The summed E-state index contributed by atoms with van der Waals surface area (Å²) in [6.07, 6.45) is 1.68. The highest BCUT2D eigenvalue weighted by atomic mass is 16.5. The van der Waals surface area contributed by atoms with Crippen LogP contribution in [0, 0.1) is 0 Å². The number of nitrogens with one attached hydrogen (secondary N) is 1. The second-order valence-corrected chi connectivity index (χ2v) is 8.68. The first kappa shape index (κ1) is 21.5. The second-order valence-electron chi connectivity index (χ2n) is 8.68. The van der Waals surface area contributed by atoms with Crippen LogP contribution in [0.4, 0.5) is 11.4 Å². The number of benzene rings is 2. The molecule has 1 aliphatic carbocycles. The minimum absolute atomic E-state index is 0.0636. The molecule has 0 radical (unpaired) electrons. The minimum Gasteiger partial charge on any atom is -0.481 e. The molecule has 2 aromatic carbocycles. The van der Waals surface area contributed by atoms with E-state index in [4.69, 9.17) is 9.63 Å². The second kappa shape index (κ2) is 8.86. The van der Waals surface area contributed by atoms with Crippen LogP contribution < -0.4 is 10.2 Å². The Morgan fingerprint density at radius 2 is 1.94 bits per heavy atom. The molecule has 0 saturated carbocycles. The first-order chi connectivity index (χ1) is 16.1. The number of carboxylic acid groups (broad SMARTS) is 1. The highest BCUT2D eigenvalue weighted by Crippen LogP contribution is 2.45. The molecule has 172 valence electrons. The lowest BCUT2D eigenvalue weighted by Gasteiger charge is -2.36. The Morgan fingerprint density at radius 3 is 2.67 bits per heavy atom. The molecule has 2 aliphatic rings. The van der Waals surface area contributed by atoms with E-state index in [2.05, 4.69) is 27.2 Å². The third-order valence-electron chi connectivity index (χ3n) is 6.51. The molecule has 8 nitrogen and oxygen atoms in total. The normalized spacial score (nSPS) is 15.7. The van der Waals surface area contributed by atoms with Gasteiger partial charge in [-0.15, -0.1) is 0 Å². The topological polar surface area (TPSA) is 98.9 Å². The van der Waals surface area contributed by atoms with E-state index >= 15 is 0 Å². The minimum atomic E-state index is -0.828. The van der Waals surface area contributed by atoms with Crippen molar-refractivity contribution in [2.75, 3.05) is 49.5 Å². The number of anilines is 2. The van der Waals surface area contributed by atoms with Gasteiger partial charge >= 0.3 is 5.97 Å². The number of nitrogens with zero attached hydrogens (tertiary/aromatic N) is 3. The van der Waals surface area contributed by atoms with Crippen LogP contribution in [0.1, 0.15) is 42.1 Å². The molecule has 1 aliphatic heterocycles. The van der Waals surface area contributed by atoms with Gasteiger partial charge in [-0.1, -0.05) is 36.3 Å². The van der Waals surface area contributed by atoms with Gasteiger partial charge in [0.25, 0.3) is 0 Å². The molecule has 1 aromatic heterocycles. The summed E-state index contributed by atoms with van der Waals surface area (Å²) in [4.78, 5) is 29.2. The lowest BCUT2D eigenvalue weighted by molar-refractivity contribution is -0.137. The Hall–Kier alpha value is -3.39. The molecule has 0 unspecified atom stereocenters. The number of rotatable bonds is 8. The van der Waals surface area contributed by atoms with Gasteiger partial charge in [0, 0.05) is 56.0 Å². The molecule has 0 atom stereocenters. The third-order valence-corrected chi connectivity index (χ3v) is 6.51. The highest BCUT2D eigenvalue weighted by Gasteiger charge is 2.34. The zero-order valence-corrected chi connectivity index (χ0v) is 18.8. The molecule has 2 heterocycles. The maximum absolute atomic E-state index is 13.5. The number of fused-ring (bicyclic) bond motifs is 2. The molecular formula is C25H28N4O4. The Labute approximate surface area is 192 Å². The smallest absolute Gasteiger partial charge is 0.303 e. The van der Waals surface area contributed by atoms with E-state index in [0.29, 0.717) is 41.1 Å². The Morgan fingerprint density at radius 1 is 1.18 bits per heavy atom. The number of carbonyl (C=O) groups is 2. The first-order valence-corrected chi connectivity index (χ1v) is 11.6. The van der Waals surface area contributed by atoms with Gasteiger partial charge in [-0.2, -0.15) is 0 Å². The molecule has 5 rings (SSSR count). The molecule has 8 heteroatoms. The van der Waals surface area contributed by atoms with E-state index in [1.165, 1.54) is 0 Å². The van der Waals surface area contributed by atoms with Crippen LogP contribution in [-0.4, -0.2) is 66.2 Å². The summed E-state index contributed by atoms with van der Waals surface area (Å²) in [5.41, 5.74) is 4.29. The number of carboxylic acids is 1. The van der Waals surface area contributed by atoms with E-state index in [9.17, 15) is 9.59 Å². The van der Waals surface area contributed by atoms with Crippen molar-refractivity contribution in [2.45, 2.75) is 26.2 Å². The maximum atomic E-state index is 13.5. The summed E-state index contributed by atoms with van der Waals surface area (Å²) < 4.78 is 5.83. The molecule has 1 saturated heterocycles. The van der Waals surface area contributed by atoms with E-state index in [-0.39, 0.29) is 12.2 Å². The van der Waals surface area contributed by atoms with Crippen LogP contribution in [-0.2, 0) is 4.79 Å². The monoisotopic (exact) mass is 448 g/mol. The summed E-state index contributed by atoms with van der Waals surface area (Å²) in [6.45, 7) is 7.46. The number of hydrogen-bond donors (Lipinski definition) is 2. The average molecular weight is 449 g/mol. The Kier molecular flexibility index (Phi) is 5.76. The summed E-state index contributed by atoms with van der Waals surface area (Å²) in [5.74, 6) is -0.271. The number of aromatic nitrogens is 1. The van der Waals surface area contributed by atoms with Gasteiger partial charge in [0.05, 0.1) is 16.6 Å². The van der Waals surface area contributed by atoms with Crippen molar-refractivity contribution in [1.82, 2.24) is 10.1 Å². The lowest BCUT2D eigenvalue weighted by Crippen LogP contribution is -2.46. The predicted molar refractivity (Wildman–Crippen MR) is 127 cm³/mol. The zero-order valence-electron chi connectivity index (χ0n) is 18.8. The summed E-state index contributed by atoms with van der Waals surface area (Å²) in [7, 11) is 0. The van der Waals surface area contributed by atoms with Crippen LogP contribution in [0.25, 0.3) is 22.2 Å². The number of aliphatic carboxylic acids is 1. The van der Waals surface area contributed by atoms with Gasteiger partial charge < -0.3 is 19.8 Å². The Balaban J connectivity index is 1.58. The molecule has 0 bridgehead atoms. The molecule has 3 aromatic rings. The fourth-order valence-electron chi connectivity index (χ4n) is 4.91. The van der Waals surface area contributed by atoms with Crippen LogP contribution in [0.15, 0.2) is 34.9 Å². The average Bonchev–Trinajstić information content (AvgIpc) is 3.26. The maximum Gasteiger partial charge on any atom is 0.303 e. The van der Waals surface area contributed by atoms with Crippen molar-refractivity contribution >= 4 is 34.0 Å². The molecule has 0 spiro atoms. The molecule has 0 amide bonds. The zero-order chi connectivity index (χ0) is 22.9. The van der Waals surface area contributed by atoms with E-state index in [0.717, 1.165) is 55.8 Å². The van der Waals surface area contributed by atoms with Gasteiger partial charge in [-0.3, -0.25) is 14.5 Å². The SMILES string of the molecule is CCCN1CCN(c2cc(NCCCC(=O)O)c3c4c(onc24)-c2ccccc2C3=O)CC1. The number of hydrogen-bond acceptors (Lipinski definition) is 7. The Bertz CT molecular complexity index is 1210. The standard InChI is InChI=1S/C25H28N4O4/c1-2-10-28-11-13-29(14-12-28)19-15-18(26-9-5-8-20(30)31)21-22-23(19)27-33-25(22)17-7-4-3-6-16(17)24(21)32/h3-4,6-7,15,26H,2,5,8-14H2,1H3,(H,30,31). The predicted octanol–water partition coefficient (Wildman–Crippen LogP) is 3.85.